The second kappa shape index (κ2) is 9.64. The molecule has 7 heteroatoms. The average molecular weight is 388 g/mol. The Morgan fingerprint density at radius 1 is 0.821 bits per heavy atom. The maximum Gasteiger partial charge on any atom is 0.203 e. The largest absolute Gasteiger partial charge is 0.493 e. The fourth-order valence-electron chi connectivity index (χ4n) is 2.77. The van der Waals surface area contributed by atoms with E-state index in [2.05, 4.69) is 0 Å². The first kappa shape index (κ1) is 21.1. The molecule has 2 rings (SSSR count). The zero-order chi connectivity index (χ0) is 20.7. The van der Waals surface area contributed by atoms with Crippen LogP contribution in [0.4, 0.5) is 0 Å². The number of ether oxygens (including phenoxy) is 5. The third-order valence-corrected chi connectivity index (χ3v) is 4.01. The van der Waals surface area contributed by atoms with E-state index in [9.17, 15) is 9.59 Å². The van der Waals surface area contributed by atoms with Crippen molar-refractivity contribution in [1.29, 1.82) is 0 Å². The normalized spacial score (nSPS) is 10.2. The first-order valence-electron chi connectivity index (χ1n) is 8.77. The smallest absolute Gasteiger partial charge is 0.203 e. The van der Waals surface area contributed by atoms with Crippen LogP contribution in [0.25, 0.3) is 0 Å². The minimum atomic E-state index is -0.384. The van der Waals surface area contributed by atoms with E-state index in [1.807, 2.05) is 13.8 Å². The number of carbonyl (C=O) groups excluding carboxylic acids is 2. The highest BCUT2D eigenvalue weighted by Crippen LogP contribution is 2.39. The zero-order valence-corrected chi connectivity index (χ0v) is 16.7. The van der Waals surface area contributed by atoms with Crippen molar-refractivity contribution in [1.82, 2.24) is 0 Å². The Bertz CT molecular complexity index is 833. The van der Waals surface area contributed by atoms with E-state index in [1.165, 1.54) is 45.6 Å². The van der Waals surface area contributed by atoms with E-state index in [-0.39, 0.29) is 22.5 Å². The van der Waals surface area contributed by atoms with Gasteiger partial charge in [-0.1, -0.05) is 0 Å². The molecule has 0 aromatic heterocycles. The number of hydrogen-bond acceptors (Lipinski definition) is 7. The molecular formula is C21H24O7. The van der Waals surface area contributed by atoms with E-state index in [1.54, 1.807) is 0 Å². The summed E-state index contributed by atoms with van der Waals surface area (Å²) in [6.45, 7) is 4.44. The van der Waals surface area contributed by atoms with Crippen molar-refractivity contribution in [2.75, 3.05) is 34.5 Å². The fraction of sp³-hybridized carbons (Fsp3) is 0.333. The van der Waals surface area contributed by atoms with Gasteiger partial charge in [0.1, 0.15) is 0 Å². The van der Waals surface area contributed by atoms with E-state index in [4.69, 9.17) is 23.7 Å². The number of ketones is 1. The van der Waals surface area contributed by atoms with Crippen LogP contribution < -0.4 is 23.7 Å². The van der Waals surface area contributed by atoms with Crippen LogP contribution in [0, 0.1) is 0 Å². The third kappa shape index (κ3) is 4.19. The van der Waals surface area contributed by atoms with Crippen molar-refractivity contribution >= 4 is 12.1 Å². The van der Waals surface area contributed by atoms with Gasteiger partial charge in [0.2, 0.25) is 5.75 Å². The predicted octanol–water partition coefficient (Wildman–Crippen LogP) is 3.55. The fourth-order valence-corrected chi connectivity index (χ4v) is 2.77. The van der Waals surface area contributed by atoms with Crippen molar-refractivity contribution in [2.45, 2.75) is 13.8 Å². The number of aldehydes is 1. The van der Waals surface area contributed by atoms with Crippen LogP contribution in [-0.2, 0) is 0 Å². The van der Waals surface area contributed by atoms with Gasteiger partial charge >= 0.3 is 0 Å². The van der Waals surface area contributed by atoms with Crippen molar-refractivity contribution in [3.63, 3.8) is 0 Å². The lowest BCUT2D eigenvalue weighted by molar-refractivity contribution is 0.102. The van der Waals surface area contributed by atoms with Crippen LogP contribution >= 0.6 is 0 Å². The molecule has 0 radical (unpaired) electrons. The summed E-state index contributed by atoms with van der Waals surface area (Å²) < 4.78 is 27.0. The van der Waals surface area contributed by atoms with E-state index in [0.717, 1.165) is 0 Å². The maximum absolute atomic E-state index is 13.2. The maximum atomic E-state index is 13.2. The van der Waals surface area contributed by atoms with Crippen molar-refractivity contribution in [2.24, 2.45) is 0 Å². The molecule has 0 fully saturated rings. The van der Waals surface area contributed by atoms with E-state index >= 15 is 0 Å². The molecule has 28 heavy (non-hydrogen) atoms. The van der Waals surface area contributed by atoms with E-state index < -0.39 is 0 Å². The Labute approximate surface area is 164 Å². The quantitative estimate of drug-likeness (QED) is 0.455. The molecule has 0 N–H and O–H groups in total. The van der Waals surface area contributed by atoms with Crippen molar-refractivity contribution in [3.8, 4) is 28.7 Å². The summed E-state index contributed by atoms with van der Waals surface area (Å²) in [6.07, 6.45) is 0.615. The van der Waals surface area contributed by atoms with Crippen LogP contribution in [0.1, 0.15) is 40.1 Å². The molecule has 150 valence electrons. The molecule has 0 bridgehead atoms. The number of benzene rings is 2. The number of hydrogen-bond donors (Lipinski definition) is 0. The number of methoxy groups -OCH3 is 3. The minimum Gasteiger partial charge on any atom is -0.493 e. The molecule has 0 aliphatic carbocycles. The van der Waals surface area contributed by atoms with Crippen LogP contribution in [0.5, 0.6) is 28.7 Å². The molecular weight excluding hydrogens is 364 g/mol. The molecule has 2 aromatic carbocycles. The monoisotopic (exact) mass is 388 g/mol. The van der Waals surface area contributed by atoms with Gasteiger partial charge in [0.25, 0.3) is 0 Å². The first-order chi connectivity index (χ1) is 13.5. The minimum absolute atomic E-state index is 0.191. The van der Waals surface area contributed by atoms with Gasteiger partial charge in [0.05, 0.1) is 34.5 Å². The molecule has 0 unspecified atom stereocenters. The summed E-state index contributed by atoms with van der Waals surface area (Å²) >= 11 is 0. The molecule has 0 aliphatic heterocycles. The zero-order valence-electron chi connectivity index (χ0n) is 16.7. The van der Waals surface area contributed by atoms with Gasteiger partial charge in [-0.2, -0.15) is 0 Å². The summed E-state index contributed by atoms with van der Waals surface area (Å²) in [5.41, 5.74) is 0.672. The summed E-state index contributed by atoms with van der Waals surface area (Å²) in [5.74, 6) is 1.48. The van der Waals surface area contributed by atoms with Gasteiger partial charge in [-0.05, 0) is 38.1 Å². The van der Waals surface area contributed by atoms with E-state index in [0.29, 0.717) is 48.2 Å². The summed E-state index contributed by atoms with van der Waals surface area (Å²) in [7, 11) is 4.41. The van der Waals surface area contributed by atoms with Gasteiger partial charge in [-0.15, -0.1) is 0 Å². The Balaban J connectivity index is 2.62. The molecule has 0 amide bonds. The lowest BCUT2D eigenvalue weighted by Gasteiger charge is -2.16. The lowest BCUT2D eigenvalue weighted by Crippen LogP contribution is -2.09. The van der Waals surface area contributed by atoms with Gasteiger partial charge in [0.15, 0.2) is 35.1 Å². The van der Waals surface area contributed by atoms with Crippen molar-refractivity contribution in [3.05, 3.63) is 41.0 Å². The second-order valence-corrected chi connectivity index (χ2v) is 5.61. The summed E-state index contributed by atoms with van der Waals surface area (Å²) in [4.78, 5) is 24.8. The van der Waals surface area contributed by atoms with Gasteiger partial charge in [-0.3, -0.25) is 9.59 Å². The SMILES string of the molecule is CCOc1cc(C=O)c(C(=O)c2cc(OC)c(OC)c(OC)c2)cc1OCC. The molecule has 0 spiro atoms. The highest BCUT2D eigenvalue weighted by atomic mass is 16.5. The Hall–Kier alpha value is -3.22. The first-order valence-corrected chi connectivity index (χ1v) is 8.77. The predicted molar refractivity (Wildman–Crippen MR) is 104 cm³/mol. The number of rotatable bonds is 10. The Kier molecular flexibility index (Phi) is 7.26. The Morgan fingerprint density at radius 3 is 1.79 bits per heavy atom. The lowest BCUT2D eigenvalue weighted by atomic mass is 9.97. The summed E-state index contributed by atoms with van der Waals surface area (Å²) in [6, 6.07) is 6.10. The van der Waals surface area contributed by atoms with Crippen molar-refractivity contribution < 1.29 is 33.3 Å². The topological polar surface area (TPSA) is 80.3 Å². The molecule has 0 saturated carbocycles. The highest BCUT2D eigenvalue weighted by molar-refractivity contribution is 6.13. The second-order valence-electron chi connectivity index (χ2n) is 5.61. The molecule has 0 saturated heterocycles. The standard InChI is InChI=1S/C21H24O7/c1-6-27-16-10-14(12-22)15(11-17(16)28-7-2)20(23)13-8-18(24-3)21(26-5)19(9-13)25-4/h8-12H,6-7H2,1-5H3. The average Bonchev–Trinajstić information content (AvgIpc) is 2.73. The third-order valence-electron chi connectivity index (χ3n) is 4.01. The molecule has 0 aliphatic rings. The molecule has 7 nitrogen and oxygen atoms in total. The van der Waals surface area contributed by atoms with Gasteiger partial charge in [0, 0.05) is 16.7 Å². The summed E-state index contributed by atoms with van der Waals surface area (Å²) in [5, 5.41) is 0. The van der Waals surface area contributed by atoms with Crippen LogP contribution in [0.2, 0.25) is 0 Å². The molecule has 0 atom stereocenters. The van der Waals surface area contributed by atoms with Gasteiger partial charge < -0.3 is 23.7 Å². The van der Waals surface area contributed by atoms with Crippen LogP contribution in [0.3, 0.4) is 0 Å². The van der Waals surface area contributed by atoms with Crippen LogP contribution in [-0.4, -0.2) is 46.6 Å². The molecule has 2 aromatic rings. The van der Waals surface area contributed by atoms with Gasteiger partial charge in [-0.25, -0.2) is 0 Å². The molecule has 0 heterocycles. The van der Waals surface area contributed by atoms with Crippen LogP contribution in [0.15, 0.2) is 24.3 Å². The Morgan fingerprint density at radius 2 is 1.36 bits per heavy atom. The highest BCUT2D eigenvalue weighted by Gasteiger charge is 2.22. The number of carbonyl (C=O) groups is 2.